The fourth-order valence-corrected chi connectivity index (χ4v) is 3.81. The van der Waals surface area contributed by atoms with Gasteiger partial charge < -0.3 is 15.0 Å². The van der Waals surface area contributed by atoms with Crippen LogP contribution >= 0.6 is 11.6 Å². The van der Waals surface area contributed by atoms with Crippen LogP contribution in [-0.2, 0) is 6.42 Å². The van der Waals surface area contributed by atoms with Crippen molar-refractivity contribution in [2.24, 2.45) is 0 Å². The highest BCUT2D eigenvalue weighted by Gasteiger charge is 2.26. The van der Waals surface area contributed by atoms with E-state index in [0.717, 1.165) is 25.0 Å². The van der Waals surface area contributed by atoms with Gasteiger partial charge in [0.05, 0.1) is 5.02 Å². The lowest BCUT2D eigenvalue weighted by Gasteiger charge is -2.21. The molecule has 0 aliphatic carbocycles. The minimum atomic E-state index is 0.166. The van der Waals surface area contributed by atoms with Crippen LogP contribution in [0, 0.1) is 0 Å². The summed E-state index contributed by atoms with van der Waals surface area (Å²) in [6, 6.07) is 12.1. The molecule has 118 valence electrons. The normalized spacial score (nSPS) is 18.8. The summed E-state index contributed by atoms with van der Waals surface area (Å²) in [5.74, 6) is 0.386. The lowest BCUT2D eigenvalue weighted by atomic mass is 9.87. The largest absolute Gasteiger partial charge is 0.506 e. The van der Waals surface area contributed by atoms with E-state index in [-0.39, 0.29) is 11.7 Å². The first-order valence-corrected chi connectivity index (χ1v) is 8.27. The number of nitrogens with zero attached hydrogens (tertiary/aromatic N) is 1. The van der Waals surface area contributed by atoms with Crippen molar-refractivity contribution in [3.8, 4) is 5.75 Å². The Morgan fingerprint density at radius 3 is 2.91 bits per heavy atom. The topological polar surface area (TPSA) is 39.3 Å². The van der Waals surface area contributed by atoms with Crippen LogP contribution < -0.4 is 0 Å². The monoisotopic (exact) mass is 326 g/mol. The van der Waals surface area contributed by atoms with Gasteiger partial charge in [-0.15, -0.1) is 0 Å². The summed E-state index contributed by atoms with van der Waals surface area (Å²) in [5.41, 5.74) is 4.83. The molecular weight excluding hydrogens is 308 g/mol. The van der Waals surface area contributed by atoms with Crippen molar-refractivity contribution in [2.75, 3.05) is 20.1 Å². The molecule has 0 spiro atoms. The number of benzene rings is 2. The molecule has 3 aromatic rings. The number of likely N-dealkylation sites (N-methyl/N-ethyl adjacent to an activating group) is 1. The number of phenols is 1. The molecule has 2 N–H and O–H groups in total. The molecule has 1 aliphatic rings. The summed E-state index contributed by atoms with van der Waals surface area (Å²) in [6.07, 6.45) is 3.05. The van der Waals surface area contributed by atoms with Gasteiger partial charge in [0, 0.05) is 36.1 Å². The Kier molecular flexibility index (Phi) is 3.55. The smallest absolute Gasteiger partial charge is 0.134 e. The number of rotatable bonds is 1. The predicted molar refractivity (Wildman–Crippen MR) is 94.5 cm³/mol. The first-order chi connectivity index (χ1) is 11.1. The summed E-state index contributed by atoms with van der Waals surface area (Å²) in [4.78, 5) is 5.72. The van der Waals surface area contributed by atoms with Gasteiger partial charge in [-0.05, 0) is 48.4 Å². The molecule has 3 nitrogen and oxygen atoms in total. The molecule has 0 saturated heterocycles. The molecule has 1 aliphatic heterocycles. The van der Waals surface area contributed by atoms with Gasteiger partial charge in [0.15, 0.2) is 0 Å². The molecule has 1 unspecified atom stereocenters. The quantitative estimate of drug-likeness (QED) is 0.705. The van der Waals surface area contributed by atoms with E-state index < -0.39 is 0 Å². The number of fused-ring (bicyclic) bond motifs is 2. The van der Waals surface area contributed by atoms with E-state index in [1.54, 1.807) is 0 Å². The second-order valence-electron chi connectivity index (χ2n) is 6.36. The average Bonchev–Trinajstić information content (AvgIpc) is 2.91. The fourth-order valence-electron chi connectivity index (χ4n) is 3.62. The van der Waals surface area contributed by atoms with Gasteiger partial charge in [-0.1, -0.05) is 29.8 Å². The summed E-state index contributed by atoms with van der Waals surface area (Å²) in [6.45, 7) is 1.92. The average molecular weight is 327 g/mol. The van der Waals surface area contributed by atoms with Crippen molar-refractivity contribution in [1.82, 2.24) is 9.88 Å². The molecule has 0 fully saturated rings. The van der Waals surface area contributed by atoms with E-state index in [0.29, 0.717) is 5.02 Å². The minimum absolute atomic E-state index is 0.166. The second kappa shape index (κ2) is 5.59. The maximum Gasteiger partial charge on any atom is 0.134 e. The van der Waals surface area contributed by atoms with Gasteiger partial charge in [0.1, 0.15) is 5.75 Å². The molecular formula is C19H19ClN2O. The molecule has 0 saturated carbocycles. The van der Waals surface area contributed by atoms with Gasteiger partial charge in [-0.3, -0.25) is 0 Å². The van der Waals surface area contributed by atoms with Gasteiger partial charge >= 0.3 is 0 Å². The summed E-state index contributed by atoms with van der Waals surface area (Å²) < 4.78 is 0. The van der Waals surface area contributed by atoms with Crippen LogP contribution in [0.25, 0.3) is 10.9 Å². The van der Waals surface area contributed by atoms with Crippen molar-refractivity contribution in [3.63, 3.8) is 0 Å². The third-order valence-corrected chi connectivity index (χ3v) is 5.14. The van der Waals surface area contributed by atoms with Crippen LogP contribution in [0.5, 0.6) is 5.75 Å². The van der Waals surface area contributed by atoms with Crippen LogP contribution in [0.4, 0.5) is 0 Å². The molecule has 2 heterocycles. The summed E-state index contributed by atoms with van der Waals surface area (Å²) in [5, 5.41) is 11.8. The second-order valence-corrected chi connectivity index (χ2v) is 6.76. The van der Waals surface area contributed by atoms with E-state index in [4.69, 9.17) is 11.6 Å². The first kappa shape index (κ1) is 14.6. The standard InChI is InChI=1S/C19H19ClN2O/c1-22-7-6-12-8-17(20)19(23)9-14(12)16(11-22)15-10-21-18-5-3-2-4-13(15)18/h2-5,8-10,16,21,23H,6-7,11H2,1H3. The zero-order valence-electron chi connectivity index (χ0n) is 13.0. The molecule has 0 bridgehead atoms. The number of aromatic hydroxyl groups is 1. The molecule has 4 heteroatoms. The molecule has 1 aromatic heterocycles. The van der Waals surface area contributed by atoms with Crippen molar-refractivity contribution in [3.05, 3.63) is 64.3 Å². The summed E-state index contributed by atoms with van der Waals surface area (Å²) in [7, 11) is 2.15. The van der Waals surface area contributed by atoms with Crippen molar-refractivity contribution < 1.29 is 5.11 Å². The number of nitrogens with one attached hydrogen (secondary N) is 1. The number of halogens is 1. The van der Waals surface area contributed by atoms with Gasteiger partial charge in [0.2, 0.25) is 0 Å². The Balaban J connectivity index is 1.92. The Morgan fingerprint density at radius 1 is 1.22 bits per heavy atom. The van der Waals surface area contributed by atoms with Crippen LogP contribution in [-0.4, -0.2) is 35.1 Å². The van der Waals surface area contributed by atoms with Crippen LogP contribution in [0.2, 0.25) is 5.02 Å². The lowest BCUT2D eigenvalue weighted by Crippen LogP contribution is -2.24. The predicted octanol–water partition coefficient (Wildman–Crippen LogP) is 4.15. The first-order valence-electron chi connectivity index (χ1n) is 7.89. The maximum atomic E-state index is 10.1. The number of para-hydroxylation sites is 1. The Labute approximate surface area is 140 Å². The number of aromatic amines is 1. The van der Waals surface area contributed by atoms with Gasteiger partial charge in [-0.2, -0.15) is 0 Å². The highest BCUT2D eigenvalue weighted by molar-refractivity contribution is 6.32. The zero-order chi connectivity index (χ0) is 16.0. The third kappa shape index (κ3) is 2.50. The summed E-state index contributed by atoms with van der Waals surface area (Å²) >= 11 is 6.13. The minimum Gasteiger partial charge on any atom is -0.506 e. The van der Waals surface area contributed by atoms with Crippen LogP contribution in [0.3, 0.4) is 0 Å². The highest BCUT2D eigenvalue weighted by atomic mass is 35.5. The number of hydrogen-bond donors (Lipinski definition) is 2. The van der Waals surface area contributed by atoms with Crippen molar-refractivity contribution in [2.45, 2.75) is 12.3 Å². The van der Waals surface area contributed by atoms with E-state index in [2.05, 4.69) is 41.3 Å². The van der Waals surface area contributed by atoms with Gasteiger partial charge in [-0.25, -0.2) is 0 Å². The molecule has 0 amide bonds. The van der Waals surface area contributed by atoms with E-state index in [1.807, 2.05) is 18.2 Å². The molecule has 23 heavy (non-hydrogen) atoms. The van der Waals surface area contributed by atoms with Crippen LogP contribution in [0.1, 0.15) is 22.6 Å². The highest BCUT2D eigenvalue weighted by Crippen LogP contribution is 2.38. The van der Waals surface area contributed by atoms with Crippen LogP contribution in [0.15, 0.2) is 42.6 Å². The van der Waals surface area contributed by atoms with Gasteiger partial charge in [0.25, 0.3) is 0 Å². The fraction of sp³-hybridized carbons (Fsp3) is 0.263. The van der Waals surface area contributed by atoms with E-state index in [1.165, 1.54) is 22.1 Å². The molecule has 2 aromatic carbocycles. The van der Waals surface area contributed by atoms with E-state index in [9.17, 15) is 5.11 Å². The molecule has 4 rings (SSSR count). The van der Waals surface area contributed by atoms with Crippen molar-refractivity contribution >= 4 is 22.5 Å². The number of aromatic nitrogens is 1. The number of H-pyrrole nitrogens is 1. The SMILES string of the molecule is CN1CCc2cc(Cl)c(O)cc2C(c2c[nH]c3ccccc23)C1. The molecule has 1 atom stereocenters. The lowest BCUT2D eigenvalue weighted by molar-refractivity contribution is 0.338. The van der Waals surface area contributed by atoms with E-state index >= 15 is 0 Å². The Hall–Kier alpha value is -1.97. The zero-order valence-corrected chi connectivity index (χ0v) is 13.8. The molecule has 0 radical (unpaired) electrons. The number of hydrogen-bond acceptors (Lipinski definition) is 2. The Bertz CT molecular complexity index is 871. The van der Waals surface area contributed by atoms with Crippen molar-refractivity contribution in [1.29, 1.82) is 0 Å². The maximum absolute atomic E-state index is 10.1. The third-order valence-electron chi connectivity index (χ3n) is 4.84. The number of phenolic OH excluding ortho intramolecular Hbond substituents is 1. The Morgan fingerprint density at radius 2 is 2.04 bits per heavy atom.